The van der Waals surface area contributed by atoms with Crippen LogP contribution in [0.5, 0.6) is 0 Å². The first-order chi connectivity index (χ1) is 9.24. The van der Waals surface area contributed by atoms with Crippen LogP contribution in [-0.4, -0.2) is 39.5 Å². The van der Waals surface area contributed by atoms with Crippen molar-refractivity contribution < 1.29 is 14.6 Å². The summed E-state index contributed by atoms with van der Waals surface area (Å²) in [5.74, 6) is 0.866. The highest BCUT2D eigenvalue weighted by Crippen LogP contribution is 2.10. The number of carbonyl (C=O) groups excluding carboxylic acids is 1. The largest absolute Gasteiger partial charge is 0.444 e. The van der Waals surface area contributed by atoms with Gasteiger partial charge in [-0.3, -0.25) is 0 Å². The highest BCUT2D eigenvalue weighted by Gasteiger charge is 2.16. The maximum Gasteiger partial charge on any atom is 0.407 e. The molecular formula is C14H25N3O3. The van der Waals surface area contributed by atoms with Crippen LogP contribution in [0.25, 0.3) is 0 Å². The molecule has 0 spiro atoms. The van der Waals surface area contributed by atoms with Gasteiger partial charge in [0.1, 0.15) is 11.4 Å². The molecule has 1 amide bonds. The first kappa shape index (κ1) is 16.5. The fourth-order valence-corrected chi connectivity index (χ4v) is 1.90. The second-order valence-electron chi connectivity index (χ2n) is 5.75. The molecule has 20 heavy (non-hydrogen) atoms. The number of hydrogen-bond acceptors (Lipinski definition) is 4. The second-order valence-corrected chi connectivity index (χ2v) is 5.75. The van der Waals surface area contributed by atoms with Crippen molar-refractivity contribution >= 4 is 6.09 Å². The van der Waals surface area contributed by atoms with Crippen molar-refractivity contribution in [2.45, 2.75) is 53.2 Å². The Hall–Kier alpha value is -1.56. The number of nitrogens with zero attached hydrogens (tertiary/aromatic N) is 2. The van der Waals surface area contributed by atoms with E-state index in [1.165, 1.54) is 0 Å². The molecular weight excluding hydrogens is 258 g/mol. The van der Waals surface area contributed by atoms with Crippen molar-refractivity contribution in [2.24, 2.45) is 0 Å². The van der Waals surface area contributed by atoms with Crippen molar-refractivity contribution in [3.05, 3.63) is 17.2 Å². The van der Waals surface area contributed by atoms with E-state index in [-0.39, 0.29) is 6.61 Å². The lowest BCUT2D eigenvalue weighted by Gasteiger charge is -2.19. The maximum absolute atomic E-state index is 11.5. The molecule has 0 aromatic carbocycles. The quantitative estimate of drug-likeness (QED) is 0.860. The fourth-order valence-electron chi connectivity index (χ4n) is 1.90. The first-order valence-corrected chi connectivity index (χ1v) is 6.85. The number of aliphatic hydroxyl groups excluding tert-OH is 1. The van der Waals surface area contributed by atoms with Crippen molar-refractivity contribution in [2.75, 3.05) is 13.2 Å². The summed E-state index contributed by atoms with van der Waals surface area (Å²) in [6, 6.07) is 0. The molecule has 0 fully saturated rings. The number of imidazole rings is 1. The minimum Gasteiger partial charge on any atom is -0.444 e. The van der Waals surface area contributed by atoms with Gasteiger partial charge in [-0.1, -0.05) is 0 Å². The van der Waals surface area contributed by atoms with Gasteiger partial charge >= 0.3 is 6.09 Å². The Kier molecular flexibility index (Phi) is 5.56. The molecule has 6 heteroatoms. The summed E-state index contributed by atoms with van der Waals surface area (Å²) in [6.45, 7) is 10.4. The van der Waals surface area contributed by atoms with Crippen molar-refractivity contribution in [1.29, 1.82) is 0 Å². The van der Waals surface area contributed by atoms with Crippen LogP contribution >= 0.6 is 0 Å². The Balaban J connectivity index is 2.54. The van der Waals surface area contributed by atoms with Gasteiger partial charge in [0.05, 0.1) is 12.3 Å². The van der Waals surface area contributed by atoms with Crippen LogP contribution in [0.3, 0.4) is 0 Å². The van der Waals surface area contributed by atoms with Gasteiger partial charge in [-0.2, -0.15) is 0 Å². The number of aryl methyl sites for hydroxylation is 1. The van der Waals surface area contributed by atoms with E-state index in [2.05, 4.69) is 10.3 Å². The summed E-state index contributed by atoms with van der Waals surface area (Å²) in [6.07, 6.45) is 0.180. The molecule has 1 aromatic heterocycles. The number of hydrogen-bond donors (Lipinski definition) is 2. The van der Waals surface area contributed by atoms with Gasteiger partial charge in [0.25, 0.3) is 0 Å². The van der Waals surface area contributed by atoms with Gasteiger partial charge in [0, 0.05) is 25.2 Å². The standard InChI is InChI=1S/C14H25N3O3/c1-10-11(2)17(8-9-18)12(16-10)6-7-15-13(19)20-14(3,4)5/h18H,6-9H2,1-5H3,(H,15,19). The zero-order chi connectivity index (χ0) is 15.3. The maximum atomic E-state index is 11.5. The molecule has 6 nitrogen and oxygen atoms in total. The molecule has 1 aromatic rings. The van der Waals surface area contributed by atoms with E-state index in [1.807, 2.05) is 39.2 Å². The van der Waals surface area contributed by atoms with Crippen LogP contribution in [0.2, 0.25) is 0 Å². The minimum atomic E-state index is -0.493. The lowest BCUT2D eigenvalue weighted by atomic mass is 10.2. The predicted octanol–water partition coefficient (Wildman–Crippen LogP) is 1.56. The van der Waals surface area contributed by atoms with Gasteiger partial charge in [0.15, 0.2) is 0 Å². The monoisotopic (exact) mass is 283 g/mol. The second kappa shape index (κ2) is 6.74. The minimum absolute atomic E-state index is 0.0726. The molecule has 0 atom stereocenters. The summed E-state index contributed by atoms with van der Waals surface area (Å²) in [7, 11) is 0. The summed E-state index contributed by atoms with van der Waals surface area (Å²) >= 11 is 0. The molecule has 0 aliphatic heterocycles. The number of aromatic nitrogens is 2. The van der Waals surface area contributed by atoms with Crippen LogP contribution < -0.4 is 5.32 Å². The molecule has 0 bridgehead atoms. The first-order valence-electron chi connectivity index (χ1n) is 6.85. The van der Waals surface area contributed by atoms with Crippen LogP contribution in [-0.2, 0) is 17.7 Å². The van der Waals surface area contributed by atoms with E-state index in [0.29, 0.717) is 19.5 Å². The van der Waals surface area contributed by atoms with Gasteiger partial charge in [-0.15, -0.1) is 0 Å². The van der Waals surface area contributed by atoms with Gasteiger partial charge in [-0.05, 0) is 34.6 Å². The van der Waals surface area contributed by atoms with Crippen molar-refractivity contribution in [1.82, 2.24) is 14.9 Å². The lowest BCUT2D eigenvalue weighted by Crippen LogP contribution is -2.33. The summed E-state index contributed by atoms with van der Waals surface area (Å²) in [4.78, 5) is 16.0. The number of rotatable bonds is 5. The van der Waals surface area contributed by atoms with Crippen molar-refractivity contribution in [3.63, 3.8) is 0 Å². The van der Waals surface area contributed by atoms with E-state index in [4.69, 9.17) is 9.84 Å². The van der Waals surface area contributed by atoms with Crippen LogP contribution in [0.15, 0.2) is 0 Å². The average molecular weight is 283 g/mol. The molecule has 0 unspecified atom stereocenters. The zero-order valence-electron chi connectivity index (χ0n) is 13.0. The highest BCUT2D eigenvalue weighted by atomic mass is 16.6. The Morgan fingerprint density at radius 3 is 2.60 bits per heavy atom. The number of carbonyl (C=O) groups is 1. The molecule has 114 valence electrons. The molecule has 0 radical (unpaired) electrons. The molecule has 1 heterocycles. The Morgan fingerprint density at radius 2 is 2.05 bits per heavy atom. The van der Waals surface area contributed by atoms with Gasteiger partial charge in [-0.25, -0.2) is 9.78 Å². The third kappa shape index (κ3) is 4.85. The molecule has 1 rings (SSSR count). The smallest absolute Gasteiger partial charge is 0.407 e. The predicted molar refractivity (Wildman–Crippen MR) is 76.7 cm³/mol. The molecule has 0 saturated carbocycles. The van der Waals surface area contributed by atoms with Gasteiger partial charge in [0.2, 0.25) is 0 Å². The molecule has 0 saturated heterocycles. The summed E-state index contributed by atoms with van der Waals surface area (Å²) in [5, 5.41) is 11.8. The third-order valence-corrected chi connectivity index (χ3v) is 2.88. The lowest BCUT2D eigenvalue weighted by molar-refractivity contribution is 0.0528. The SMILES string of the molecule is Cc1nc(CCNC(=O)OC(C)(C)C)n(CCO)c1C. The Bertz CT molecular complexity index is 461. The molecule has 0 aliphatic carbocycles. The van der Waals surface area contributed by atoms with Crippen LogP contribution in [0.4, 0.5) is 4.79 Å². The number of nitrogens with one attached hydrogen (secondary N) is 1. The van der Waals surface area contributed by atoms with E-state index in [1.54, 1.807) is 0 Å². The van der Waals surface area contributed by atoms with E-state index >= 15 is 0 Å². The third-order valence-electron chi connectivity index (χ3n) is 2.88. The Morgan fingerprint density at radius 1 is 1.40 bits per heavy atom. The number of amides is 1. The topological polar surface area (TPSA) is 76.4 Å². The van der Waals surface area contributed by atoms with E-state index < -0.39 is 11.7 Å². The van der Waals surface area contributed by atoms with Gasteiger partial charge < -0.3 is 19.7 Å². The normalized spacial score (nSPS) is 11.5. The van der Waals surface area contributed by atoms with Crippen molar-refractivity contribution in [3.8, 4) is 0 Å². The van der Waals surface area contributed by atoms with Crippen LogP contribution in [0, 0.1) is 13.8 Å². The number of aliphatic hydroxyl groups is 1. The molecule has 2 N–H and O–H groups in total. The average Bonchev–Trinajstić information content (AvgIpc) is 2.55. The zero-order valence-corrected chi connectivity index (χ0v) is 13.0. The van der Waals surface area contributed by atoms with E-state index in [0.717, 1.165) is 17.2 Å². The molecule has 0 aliphatic rings. The van der Waals surface area contributed by atoms with Crippen LogP contribution in [0.1, 0.15) is 38.0 Å². The fraction of sp³-hybridized carbons (Fsp3) is 0.714. The number of alkyl carbamates (subject to hydrolysis) is 1. The van der Waals surface area contributed by atoms with E-state index in [9.17, 15) is 4.79 Å². The number of ether oxygens (including phenoxy) is 1. The highest BCUT2D eigenvalue weighted by molar-refractivity contribution is 5.67. The Labute approximate surface area is 120 Å². The summed E-state index contributed by atoms with van der Waals surface area (Å²) in [5.41, 5.74) is 1.50. The summed E-state index contributed by atoms with van der Waals surface area (Å²) < 4.78 is 7.14.